The molecule has 1 aromatic heterocycles. The molecule has 1 atom stereocenters. The Kier molecular flexibility index (Phi) is 3.73. The Morgan fingerprint density at radius 2 is 2.33 bits per heavy atom. The topological polar surface area (TPSA) is 46.9 Å². The number of aromatic nitrogens is 2. The fourth-order valence-electron chi connectivity index (χ4n) is 2.34. The maximum atomic E-state index is 14.0. The first-order chi connectivity index (χ1) is 10.1. The highest BCUT2D eigenvalue weighted by atomic mass is 19.1. The zero-order valence-corrected chi connectivity index (χ0v) is 11.9. The highest BCUT2D eigenvalue weighted by Crippen LogP contribution is 2.40. The molecule has 21 heavy (non-hydrogen) atoms. The monoisotopic (exact) mass is 287 g/mol. The van der Waals surface area contributed by atoms with Crippen molar-refractivity contribution in [2.45, 2.75) is 38.3 Å². The molecule has 1 aromatic carbocycles. The summed E-state index contributed by atoms with van der Waals surface area (Å²) in [6.45, 7) is 1.95. The smallest absolute Gasteiger partial charge is 0.244 e. The summed E-state index contributed by atoms with van der Waals surface area (Å²) >= 11 is 0. The minimum atomic E-state index is -0.409. The second-order valence-electron chi connectivity index (χ2n) is 5.50. The molecule has 0 spiro atoms. The van der Waals surface area contributed by atoms with E-state index in [1.807, 2.05) is 6.07 Å². The van der Waals surface area contributed by atoms with Crippen LogP contribution in [0, 0.1) is 5.82 Å². The summed E-state index contributed by atoms with van der Waals surface area (Å²) in [5.41, 5.74) is 1.58. The number of hydrogen-bond donors (Lipinski definition) is 1. The third-order valence-corrected chi connectivity index (χ3v) is 3.88. The van der Waals surface area contributed by atoms with Crippen molar-refractivity contribution in [2.75, 3.05) is 0 Å². The molecule has 1 heterocycles. The summed E-state index contributed by atoms with van der Waals surface area (Å²) in [5, 5.41) is 6.78. The van der Waals surface area contributed by atoms with Crippen LogP contribution >= 0.6 is 0 Å². The summed E-state index contributed by atoms with van der Waals surface area (Å²) in [6.07, 6.45) is 5.66. The Hall–Kier alpha value is -2.17. The molecule has 1 aliphatic rings. The molecule has 0 saturated heterocycles. The van der Waals surface area contributed by atoms with Crippen LogP contribution in [0.5, 0.6) is 0 Å². The number of nitrogens with one attached hydrogen (secondary N) is 1. The van der Waals surface area contributed by atoms with Crippen LogP contribution in [0.25, 0.3) is 0 Å². The molecule has 3 rings (SSSR count). The van der Waals surface area contributed by atoms with E-state index in [1.54, 1.807) is 42.2 Å². The number of carbonyl (C=O) groups is 1. The molecule has 1 amide bonds. The van der Waals surface area contributed by atoms with Crippen molar-refractivity contribution in [2.24, 2.45) is 0 Å². The average molecular weight is 287 g/mol. The summed E-state index contributed by atoms with van der Waals surface area (Å²) in [5.74, 6) is 0.110. The Morgan fingerprint density at radius 1 is 1.52 bits per heavy atom. The Balaban J connectivity index is 1.60. The largest absolute Gasteiger partial charge is 0.350 e. The second kappa shape index (κ2) is 5.68. The van der Waals surface area contributed by atoms with Gasteiger partial charge in [0.15, 0.2) is 0 Å². The van der Waals surface area contributed by atoms with Gasteiger partial charge in [-0.3, -0.25) is 9.48 Å². The van der Waals surface area contributed by atoms with Crippen molar-refractivity contribution in [3.8, 4) is 0 Å². The molecule has 1 saturated carbocycles. The lowest BCUT2D eigenvalue weighted by Gasteiger charge is -2.13. The Bertz CT molecular complexity index is 635. The van der Waals surface area contributed by atoms with Crippen molar-refractivity contribution < 1.29 is 9.18 Å². The minimum Gasteiger partial charge on any atom is -0.350 e. The number of hydrogen-bond acceptors (Lipinski definition) is 2. The van der Waals surface area contributed by atoms with Gasteiger partial charge in [0.1, 0.15) is 11.9 Å². The number of benzene rings is 1. The van der Waals surface area contributed by atoms with Crippen LogP contribution in [-0.4, -0.2) is 15.7 Å². The number of nitrogens with zero attached hydrogens (tertiary/aromatic N) is 2. The molecule has 1 N–H and O–H groups in total. The van der Waals surface area contributed by atoms with E-state index in [9.17, 15) is 9.18 Å². The van der Waals surface area contributed by atoms with Crippen LogP contribution in [0.15, 0.2) is 36.7 Å². The van der Waals surface area contributed by atoms with Crippen molar-refractivity contribution in [3.05, 3.63) is 53.6 Å². The highest BCUT2D eigenvalue weighted by Gasteiger charge is 2.24. The number of halogens is 1. The van der Waals surface area contributed by atoms with Crippen molar-refractivity contribution in [1.82, 2.24) is 15.1 Å². The second-order valence-corrected chi connectivity index (χ2v) is 5.50. The van der Waals surface area contributed by atoms with Crippen molar-refractivity contribution >= 4 is 5.91 Å². The predicted molar refractivity (Wildman–Crippen MR) is 77.2 cm³/mol. The zero-order valence-electron chi connectivity index (χ0n) is 11.9. The normalized spacial score (nSPS) is 15.7. The molecule has 1 fully saturated rings. The molecule has 1 unspecified atom stereocenters. The lowest BCUT2D eigenvalue weighted by Crippen LogP contribution is -2.31. The molecule has 1 aliphatic carbocycles. The van der Waals surface area contributed by atoms with Gasteiger partial charge in [-0.15, -0.1) is 0 Å². The van der Waals surface area contributed by atoms with E-state index in [4.69, 9.17) is 0 Å². The average Bonchev–Trinajstić information content (AvgIpc) is 3.19. The van der Waals surface area contributed by atoms with Gasteiger partial charge in [-0.25, -0.2) is 4.39 Å². The van der Waals surface area contributed by atoms with E-state index < -0.39 is 6.04 Å². The summed E-state index contributed by atoms with van der Waals surface area (Å²) in [7, 11) is 0. The van der Waals surface area contributed by atoms with Gasteiger partial charge in [0, 0.05) is 24.5 Å². The van der Waals surface area contributed by atoms with Crippen LogP contribution in [-0.2, 0) is 11.3 Å². The van der Waals surface area contributed by atoms with Gasteiger partial charge in [-0.05, 0) is 43.4 Å². The molecular weight excluding hydrogens is 269 g/mol. The van der Waals surface area contributed by atoms with E-state index in [0.29, 0.717) is 11.5 Å². The Labute approximate surface area is 123 Å². The SMILES string of the molecule is CC(C(=O)NCc1ccc(C2CC2)cc1F)n1cccn1. The van der Waals surface area contributed by atoms with Gasteiger partial charge in [0.05, 0.1) is 0 Å². The molecule has 110 valence electrons. The van der Waals surface area contributed by atoms with E-state index in [-0.39, 0.29) is 18.3 Å². The molecular formula is C16H18FN3O. The maximum Gasteiger partial charge on any atom is 0.244 e. The summed E-state index contributed by atoms with van der Waals surface area (Å²) in [6, 6.07) is 6.67. The fourth-order valence-corrected chi connectivity index (χ4v) is 2.34. The van der Waals surface area contributed by atoms with Crippen molar-refractivity contribution in [1.29, 1.82) is 0 Å². The van der Waals surface area contributed by atoms with Crippen LogP contribution in [0.4, 0.5) is 4.39 Å². The van der Waals surface area contributed by atoms with Gasteiger partial charge in [-0.1, -0.05) is 12.1 Å². The number of amides is 1. The molecule has 0 aliphatic heterocycles. The molecule has 4 nitrogen and oxygen atoms in total. The summed E-state index contributed by atoms with van der Waals surface area (Å²) < 4.78 is 15.6. The molecule has 5 heteroatoms. The summed E-state index contributed by atoms with van der Waals surface area (Å²) in [4.78, 5) is 12.0. The van der Waals surface area contributed by atoms with Gasteiger partial charge in [0.25, 0.3) is 0 Å². The third kappa shape index (κ3) is 3.12. The lowest BCUT2D eigenvalue weighted by atomic mass is 10.1. The quantitative estimate of drug-likeness (QED) is 0.919. The highest BCUT2D eigenvalue weighted by molar-refractivity contribution is 5.79. The van der Waals surface area contributed by atoms with E-state index in [0.717, 1.165) is 18.4 Å². The first-order valence-electron chi connectivity index (χ1n) is 7.20. The van der Waals surface area contributed by atoms with E-state index in [2.05, 4.69) is 10.4 Å². The number of carbonyl (C=O) groups excluding carboxylic acids is 1. The lowest BCUT2D eigenvalue weighted by molar-refractivity contribution is -0.124. The maximum absolute atomic E-state index is 14.0. The first-order valence-corrected chi connectivity index (χ1v) is 7.20. The van der Waals surface area contributed by atoms with Gasteiger partial charge >= 0.3 is 0 Å². The predicted octanol–water partition coefficient (Wildman–Crippen LogP) is 2.78. The fraction of sp³-hybridized carbons (Fsp3) is 0.375. The third-order valence-electron chi connectivity index (χ3n) is 3.88. The molecule has 0 radical (unpaired) electrons. The first kappa shape index (κ1) is 13.8. The standard InChI is InChI=1S/C16H18FN3O/c1-11(20-8-2-7-19-20)16(21)18-10-14-6-5-13(9-15(14)17)12-3-4-12/h2,5-9,11-12H,3-4,10H2,1H3,(H,18,21). The van der Waals surface area contributed by atoms with Gasteiger partial charge < -0.3 is 5.32 Å². The number of rotatable bonds is 5. The van der Waals surface area contributed by atoms with Crippen LogP contribution in [0.3, 0.4) is 0 Å². The molecule has 0 bridgehead atoms. The van der Waals surface area contributed by atoms with Crippen LogP contribution in [0.2, 0.25) is 0 Å². The Morgan fingerprint density at radius 3 is 2.95 bits per heavy atom. The van der Waals surface area contributed by atoms with E-state index in [1.165, 1.54) is 0 Å². The van der Waals surface area contributed by atoms with Crippen molar-refractivity contribution in [3.63, 3.8) is 0 Å². The van der Waals surface area contributed by atoms with Crippen LogP contribution < -0.4 is 5.32 Å². The van der Waals surface area contributed by atoms with Gasteiger partial charge in [0.2, 0.25) is 5.91 Å². The molecule has 2 aromatic rings. The zero-order chi connectivity index (χ0) is 14.8. The van der Waals surface area contributed by atoms with Gasteiger partial charge in [-0.2, -0.15) is 5.10 Å². The minimum absolute atomic E-state index is 0.177. The van der Waals surface area contributed by atoms with Crippen LogP contribution in [0.1, 0.15) is 42.9 Å². The van der Waals surface area contributed by atoms with E-state index >= 15 is 0 Å².